The number of benzene rings is 2. The molecular formula is C23H33N3O4S. The van der Waals surface area contributed by atoms with Gasteiger partial charge in [0.2, 0.25) is 10.0 Å². The third-order valence-electron chi connectivity index (χ3n) is 5.78. The van der Waals surface area contributed by atoms with Crippen LogP contribution in [0.5, 0.6) is 5.75 Å². The Morgan fingerprint density at radius 1 is 1.10 bits per heavy atom. The second-order valence-electron chi connectivity index (χ2n) is 7.95. The van der Waals surface area contributed by atoms with Gasteiger partial charge >= 0.3 is 0 Å². The summed E-state index contributed by atoms with van der Waals surface area (Å²) in [4.78, 5) is 2.63. The monoisotopic (exact) mass is 447 g/mol. The molecule has 3 rings (SSSR count). The maximum atomic E-state index is 12.6. The maximum absolute atomic E-state index is 12.6. The summed E-state index contributed by atoms with van der Waals surface area (Å²) in [6.45, 7) is 2.59. The molecule has 31 heavy (non-hydrogen) atoms. The predicted molar refractivity (Wildman–Crippen MR) is 122 cm³/mol. The Bertz CT molecular complexity index is 883. The van der Waals surface area contributed by atoms with Gasteiger partial charge in [-0.05, 0) is 75.1 Å². The van der Waals surface area contributed by atoms with Crippen molar-refractivity contribution in [2.24, 2.45) is 0 Å². The minimum atomic E-state index is -3.53. The molecule has 1 heterocycles. The highest BCUT2D eigenvalue weighted by Crippen LogP contribution is 2.18. The van der Waals surface area contributed by atoms with Crippen molar-refractivity contribution in [1.82, 2.24) is 14.9 Å². The van der Waals surface area contributed by atoms with Gasteiger partial charge in [0.15, 0.2) is 0 Å². The highest BCUT2D eigenvalue weighted by atomic mass is 32.2. The number of sulfonamides is 1. The van der Waals surface area contributed by atoms with Crippen molar-refractivity contribution in [1.29, 1.82) is 0 Å². The number of aliphatic hydroxyl groups is 1. The molecule has 2 aromatic carbocycles. The van der Waals surface area contributed by atoms with Crippen LogP contribution < -0.4 is 14.8 Å². The highest BCUT2D eigenvalue weighted by Gasteiger charge is 2.25. The predicted octanol–water partition coefficient (Wildman–Crippen LogP) is 1.98. The van der Waals surface area contributed by atoms with Crippen molar-refractivity contribution in [3.8, 4) is 5.75 Å². The van der Waals surface area contributed by atoms with E-state index in [1.807, 2.05) is 18.2 Å². The Morgan fingerprint density at radius 3 is 2.39 bits per heavy atom. The Labute approximate surface area is 185 Å². The van der Waals surface area contributed by atoms with E-state index >= 15 is 0 Å². The van der Waals surface area contributed by atoms with Gasteiger partial charge in [0, 0.05) is 12.1 Å². The lowest BCUT2D eigenvalue weighted by molar-refractivity contribution is 0.186. The Hall–Kier alpha value is -1.97. The number of aliphatic hydroxyl groups excluding tert-OH is 1. The lowest BCUT2D eigenvalue weighted by Crippen LogP contribution is -2.45. The molecule has 3 N–H and O–H groups in total. The smallest absolute Gasteiger partial charge is 0.240 e. The van der Waals surface area contributed by atoms with Crippen molar-refractivity contribution in [2.45, 2.75) is 42.7 Å². The fourth-order valence-corrected chi connectivity index (χ4v) is 5.26. The molecule has 1 aliphatic rings. The third-order valence-corrected chi connectivity index (χ3v) is 7.31. The van der Waals surface area contributed by atoms with E-state index < -0.39 is 10.0 Å². The first-order valence-corrected chi connectivity index (χ1v) is 12.3. The molecule has 1 aliphatic heterocycles. The lowest BCUT2D eigenvalue weighted by atomic mass is 10.0. The molecule has 1 unspecified atom stereocenters. The standard InChI is InChI=1S/C23H33N3O4S/c1-30-22-7-9-23(10-8-22)31(28,29)25-20-11-14-26(15-12-20)16-13-21(24-18-27)17-19-5-3-2-4-6-19/h2-10,20-21,24-25,27H,11-18H2,1H3. The topological polar surface area (TPSA) is 90.9 Å². The number of methoxy groups -OCH3 is 1. The lowest BCUT2D eigenvalue weighted by Gasteiger charge is -2.33. The van der Waals surface area contributed by atoms with Gasteiger partial charge in [-0.25, -0.2) is 13.1 Å². The van der Waals surface area contributed by atoms with E-state index in [-0.39, 0.29) is 23.7 Å². The first-order valence-electron chi connectivity index (χ1n) is 10.8. The summed E-state index contributed by atoms with van der Waals surface area (Å²) in [5.41, 5.74) is 1.25. The van der Waals surface area contributed by atoms with E-state index in [9.17, 15) is 13.5 Å². The average Bonchev–Trinajstić information content (AvgIpc) is 2.79. The third kappa shape index (κ3) is 7.29. The van der Waals surface area contributed by atoms with Crippen LogP contribution in [0.3, 0.4) is 0 Å². The van der Waals surface area contributed by atoms with Crippen LogP contribution in [-0.4, -0.2) is 64.0 Å². The quantitative estimate of drug-likeness (QED) is 0.457. The van der Waals surface area contributed by atoms with E-state index in [0.717, 1.165) is 45.3 Å². The highest BCUT2D eigenvalue weighted by molar-refractivity contribution is 7.89. The fourth-order valence-electron chi connectivity index (χ4n) is 3.96. The summed E-state index contributed by atoms with van der Waals surface area (Å²) in [5.74, 6) is 0.633. The summed E-state index contributed by atoms with van der Waals surface area (Å²) in [7, 11) is -1.98. The van der Waals surface area contributed by atoms with E-state index in [0.29, 0.717) is 5.75 Å². The number of likely N-dealkylation sites (tertiary alicyclic amines) is 1. The second kappa shape index (κ2) is 11.6. The SMILES string of the molecule is COc1ccc(S(=O)(=O)NC2CCN(CCC(Cc3ccccc3)NCO)CC2)cc1. The molecule has 0 aromatic heterocycles. The molecular weight excluding hydrogens is 414 g/mol. The van der Waals surface area contributed by atoms with Crippen LogP contribution in [0, 0.1) is 0 Å². The molecule has 1 atom stereocenters. The number of piperidine rings is 1. The van der Waals surface area contributed by atoms with Crippen LogP contribution in [-0.2, 0) is 16.4 Å². The molecule has 1 saturated heterocycles. The molecule has 1 fully saturated rings. The van der Waals surface area contributed by atoms with Gasteiger partial charge in [-0.1, -0.05) is 30.3 Å². The van der Waals surface area contributed by atoms with E-state index in [1.54, 1.807) is 31.4 Å². The van der Waals surface area contributed by atoms with Crippen molar-refractivity contribution in [3.63, 3.8) is 0 Å². The van der Waals surface area contributed by atoms with E-state index in [4.69, 9.17) is 4.74 Å². The average molecular weight is 448 g/mol. The van der Waals surface area contributed by atoms with Gasteiger partial charge in [0.25, 0.3) is 0 Å². The van der Waals surface area contributed by atoms with Crippen LogP contribution in [0.15, 0.2) is 59.5 Å². The van der Waals surface area contributed by atoms with Crippen molar-refractivity contribution < 1.29 is 18.3 Å². The van der Waals surface area contributed by atoms with Crippen LogP contribution in [0.25, 0.3) is 0 Å². The zero-order chi connectivity index (χ0) is 22.1. The van der Waals surface area contributed by atoms with Gasteiger partial charge in [-0.3, -0.25) is 5.32 Å². The maximum Gasteiger partial charge on any atom is 0.240 e. The van der Waals surface area contributed by atoms with Gasteiger partial charge in [-0.2, -0.15) is 0 Å². The molecule has 2 aromatic rings. The number of hydrogen-bond donors (Lipinski definition) is 3. The Morgan fingerprint density at radius 2 is 1.77 bits per heavy atom. The van der Waals surface area contributed by atoms with Gasteiger partial charge < -0.3 is 14.7 Å². The zero-order valence-corrected chi connectivity index (χ0v) is 18.9. The van der Waals surface area contributed by atoms with Crippen molar-refractivity contribution in [3.05, 3.63) is 60.2 Å². The van der Waals surface area contributed by atoms with Crippen molar-refractivity contribution in [2.75, 3.05) is 33.5 Å². The Kier molecular flexibility index (Phi) is 8.86. The van der Waals surface area contributed by atoms with E-state index in [2.05, 4.69) is 27.1 Å². The van der Waals surface area contributed by atoms with Crippen LogP contribution in [0.1, 0.15) is 24.8 Å². The number of rotatable bonds is 11. The van der Waals surface area contributed by atoms with Crippen LogP contribution in [0.2, 0.25) is 0 Å². The molecule has 0 saturated carbocycles. The van der Waals surface area contributed by atoms with Gasteiger partial charge in [0.05, 0.1) is 18.7 Å². The minimum absolute atomic E-state index is 0.0350. The molecule has 8 heteroatoms. The summed E-state index contributed by atoms with van der Waals surface area (Å²) in [5, 5.41) is 12.5. The van der Waals surface area contributed by atoms with E-state index in [1.165, 1.54) is 5.56 Å². The minimum Gasteiger partial charge on any atom is -0.497 e. The first-order chi connectivity index (χ1) is 15.0. The normalized spacial score (nSPS) is 16.8. The summed E-state index contributed by atoms with van der Waals surface area (Å²) < 4.78 is 33.2. The zero-order valence-electron chi connectivity index (χ0n) is 18.0. The Balaban J connectivity index is 1.45. The molecule has 0 aliphatic carbocycles. The molecule has 170 valence electrons. The van der Waals surface area contributed by atoms with Crippen LogP contribution in [0.4, 0.5) is 0 Å². The van der Waals surface area contributed by atoms with Crippen molar-refractivity contribution >= 4 is 10.0 Å². The molecule has 0 bridgehead atoms. The summed E-state index contributed by atoms with van der Waals surface area (Å²) in [6, 6.07) is 16.9. The summed E-state index contributed by atoms with van der Waals surface area (Å²) >= 11 is 0. The molecule has 7 nitrogen and oxygen atoms in total. The number of nitrogens with one attached hydrogen (secondary N) is 2. The number of nitrogens with zero attached hydrogens (tertiary/aromatic N) is 1. The van der Waals surface area contributed by atoms with Crippen LogP contribution >= 0.6 is 0 Å². The molecule has 0 amide bonds. The van der Waals surface area contributed by atoms with Gasteiger partial charge in [0.1, 0.15) is 5.75 Å². The summed E-state index contributed by atoms with van der Waals surface area (Å²) in [6.07, 6.45) is 3.37. The largest absolute Gasteiger partial charge is 0.497 e. The number of ether oxygens (including phenoxy) is 1. The van der Waals surface area contributed by atoms with Gasteiger partial charge in [-0.15, -0.1) is 0 Å². The molecule has 0 spiro atoms. The molecule has 0 radical (unpaired) electrons. The first kappa shape index (κ1) is 23.7. The fraction of sp³-hybridized carbons (Fsp3) is 0.478. The second-order valence-corrected chi connectivity index (χ2v) is 9.66. The number of hydrogen-bond acceptors (Lipinski definition) is 6.